The van der Waals surface area contributed by atoms with Crippen LogP contribution in [-0.4, -0.2) is 19.2 Å². The van der Waals surface area contributed by atoms with Gasteiger partial charge in [0.25, 0.3) is 0 Å². The monoisotopic (exact) mass is 289 g/mol. The maximum atomic E-state index is 12.2. The van der Waals surface area contributed by atoms with Crippen LogP contribution in [0.4, 0.5) is 13.2 Å². The number of hydrogen-bond acceptors (Lipinski definition) is 2. The van der Waals surface area contributed by atoms with E-state index in [1.54, 1.807) is 6.92 Å². The smallest absolute Gasteiger partial charge is 0.416 e. The molecule has 0 aromatic heterocycles. The van der Waals surface area contributed by atoms with Crippen LogP contribution in [0.1, 0.15) is 38.7 Å². The number of hydrogen-bond donors (Lipinski definition) is 1. The zero-order chi connectivity index (χ0) is 15.0. The summed E-state index contributed by atoms with van der Waals surface area (Å²) in [7, 11) is 0. The van der Waals surface area contributed by atoms with E-state index in [4.69, 9.17) is 4.74 Å². The molecule has 114 valence electrons. The third-order valence-corrected chi connectivity index (χ3v) is 3.03. The highest BCUT2D eigenvalue weighted by molar-refractivity contribution is 5.30. The molecule has 1 aromatic rings. The molecule has 5 heteroatoms. The average molecular weight is 289 g/mol. The molecule has 1 fully saturated rings. The van der Waals surface area contributed by atoms with Gasteiger partial charge in [-0.2, -0.15) is 13.2 Å². The molecule has 0 bridgehead atoms. The fourth-order valence-corrected chi connectivity index (χ4v) is 1.95. The van der Waals surface area contributed by atoms with E-state index in [1.165, 1.54) is 37.9 Å². The van der Waals surface area contributed by atoms with Crippen LogP contribution in [0.25, 0.3) is 0 Å². The summed E-state index contributed by atoms with van der Waals surface area (Å²) in [5.41, 5.74) is -0.682. The van der Waals surface area contributed by atoms with Crippen LogP contribution in [0.3, 0.4) is 0 Å². The molecule has 0 unspecified atom stereocenters. The number of rotatable bonds is 2. The van der Waals surface area contributed by atoms with Crippen molar-refractivity contribution in [1.29, 1.82) is 0 Å². The van der Waals surface area contributed by atoms with Crippen molar-refractivity contribution in [3.63, 3.8) is 0 Å². The molecular weight excluding hydrogens is 267 g/mol. The largest absolute Gasteiger partial charge is 0.494 e. The first-order valence-electron chi connectivity index (χ1n) is 6.97. The highest BCUT2D eigenvalue weighted by Crippen LogP contribution is 2.31. The quantitative estimate of drug-likeness (QED) is 0.878. The van der Waals surface area contributed by atoms with Gasteiger partial charge in [0, 0.05) is 6.04 Å². The van der Waals surface area contributed by atoms with Crippen LogP contribution in [0.15, 0.2) is 24.3 Å². The Balaban J connectivity index is 0.000000240. The molecule has 1 aromatic carbocycles. The third kappa shape index (κ3) is 6.28. The van der Waals surface area contributed by atoms with Crippen LogP contribution in [0.2, 0.25) is 0 Å². The van der Waals surface area contributed by atoms with E-state index in [9.17, 15) is 13.2 Å². The molecule has 2 rings (SSSR count). The lowest BCUT2D eigenvalue weighted by atomic mass is 10.1. The minimum absolute atomic E-state index is 0.248. The Morgan fingerprint density at radius 3 is 2.50 bits per heavy atom. The Kier molecular flexibility index (Phi) is 6.85. The minimum atomic E-state index is -4.30. The first-order valence-corrected chi connectivity index (χ1v) is 6.97. The van der Waals surface area contributed by atoms with Crippen LogP contribution in [-0.2, 0) is 6.18 Å². The molecule has 1 aliphatic rings. The summed E-state index contributed by atoms with van der Waals surface area (Å²) < 4.78 is 41.4. The number of benzene rings is 1. The second kappa shape index (κ2) is 8.15. The van der Waals surface area contributed by atoms with Gasteiger partial charge in [0.2, 0.25) is 0 Å². The Hall–Kier alpha value is -1.23. The normalized spacial score (nSPS) is 18.9. The van der Waals surface area contributed by atoms with Gasteiger partial charge in [0.15, 0.2) is 0 Å². The highest BCUT2D eigenvalue weighted by Gasteiger charge is 2.30. The number of piperidine rings is 1. The maximum absolute atomic E-state index is 12.2. The van der Waals surface area contributed by atoms with Crippen LogP contribution >= 0.6 is 0 Å². The number of halogens is 3. The van der Waals surface area contributed by atoms with E-state index in [-0.39, 0.29) is 5.75 Å². The Morgan fingerprint density at radius 1 is 1.30 bits per heavy atom. The standard InChI is InChI=1S/C9H9F3O.C6H13N/c1-2-13-8-5-3-4-7(6-8)9(10,11)12;1-6-4-2-3-5-7-6/h3-6H,2H2,1H3;6-7H,2-5H2,1H3/t;6-/m.1/s1. The van der Waals surface area contributed by atoms with Gasteiger partial charge in [-0.05, 0) is 51.4 Å². The van der Waals surface area contributed by atoms with Gasteiger partial charge in [-0.25, -0.2) is 0 Å². The Bertz CT molecular complexity index is 387. The van der Waals surface area contributed by atoms with Crippen molar-refractivity contribution < 1.29 is 17.9 Å². The van der Waals surface area contributed by atoms with E-state index < -0.39 is 11.7 Å². The molecule has 0 spiro atoms. The van der Waals surface area contributed by atoms with E-state index in [2.05, 4.69) is 12.2 Å². The summed E-state index contributed by atoms with van der Waals surface area (Å²) >= 11 is 0. The fraction of sp³-hybridized carbons (Fsp3) is 0.600. The number of nitrogens with one attached hydrogen (secondary N) is 1. The van der Waals surface area contributed by atoms with Crippen LogP contribution in [0, 0.1) is 0 Å². The molecule has 0 amide bonds. The lowest BCUT2D eigenvalue weighted by molar-refractivity contribution is -0.137. The number of ether oxygens (including phenoxy) is 1. The van der Waals surface area contributed by atoms with Gasteiger partial charge < -0.3 is 10.1 Å². The van der Waals surface area contributed by atoms with Crippen LogP contribution in [0.5, 0.6) is 5.75 Å². The summed E-state index contributed by atoms with van der Waals surface area (Å²) in [6.45, 7) is 5.57. The van der Waals surface area contributed by atoms with E-state index in [0.29, 0.717) is 6.61 Å². The lowest BCUT2D eigenvalue weighted by Crippen LogP contribution is -2.30. The summed E-state index contributed by atoms with van der Waals surface area (Å²) in [6.07, 6.45) is -0.119. The summed E-state index contributed by atoms with van der Waals surface area (Å²) in [4.78, 5) is 0. The SMILES string of the molecule is CCOc1cccc(C(F)(F)F)c1.C[C@@H]1CCCCN1. The van der Waals surface area contributed by atoms with Crippen molar-refractivity contribution in [3.8, 4) is 5.75 Å². The first kappa shape index (κ1) is 16.8. The average Bonchev–Trinajstić information content (AvgIpc) is 2.40. The Labute approximate surface area is 118 Å². The summed E-state index contributed by atoms with van der Waals surface area (Å²) in [5.74, 6) is 0.248. The highest BCUT2D eigenvalue weighted by atomic mass is 19.4. The molecule has 1 atom stereocenters. The third-order valence-electron chi connectivity index (χ3n) is 3.03. The summed E-state index contributed by atoms with van der Waals surface area (Å²) in [6, 6.07) is 5.62. The number of alkyl halides is 3. The van der Waals surface area contributed by atoms with Gasteiger partial charge >= 0.3 is 6.18 Å². The van der Waals surface area contributed by atoms with Crippen molar-refractivity contribution in [1.82, 2.24) is 5.32 Å². The van der Waals surface area contributed by atoms with Crippen molar-refractivity contribution in [2.24, 2.45) is 0 Å². The molecule has 0 saturated carbocycles. The van der Waals surface area contributed by atoms with E-state index in [0.717, 1.165) is 18.2 Å². The lowest BCUT2D eigenvalue weighted by Gasteiger charge is -2.18. The zero-order valence-electron chi connectivity index (χ0n) is 12.0. The predicted molar refractivity (Wildman–Crippen MR) is 73.9 cm³/mol. The molecule has 1 saturated heterocycles. The van der Waals surface area contributed by atoms with Gasteiger partial charge in [0.1, 0.15) is 5.75 Å². The van der Waals surface area contributed by atoms with Gasteiger partial charge in [0.05, 0.1) is 12.2 Å². The molecule has 1 heterocycles. The van der Waals surface area contributed by atoms with E-state index >= 15 is 0 Å². The molecule has 1 aliphatic heterocycles. The van der Waals surface area contributed by atoms with Crippen molar-refractivity contribution in [2.45, 2.75) is 45.3 Å². The van der Waals surface area contributed by atoms with E-state index in [1.807, 2.05) is 0 Å². The fourth-order valence-electron chi connectivity index (χ4n) is 1.95. The molecule has 0 radical (unpaired) electrons. The molecule has 2 nitrogen and oxygen atoms in total. The molecule has 0 aliphatic carbocycles. The topological polar surface area (TPSA) is 21.3 Å². The minimum Gasteiger partial charge on any atom is -0.494 e. The second-order valence-electron chi connectivity index (χ2n) is 4.81. The predicted octanol–water partition coefficient (Wildman–Crippen LogP) is 4.25. The second-order valence-corrected chi connectivity index (χ2v) is 4.81. The van der Waals surface area contributed by atoms with Crippen LogP contribution < -0.4 is 10.1 Å². The van der Waals surface area contributed by atoms with Crippen molar-refractivity contribution in [3.05, 3.63) is 29.8 Å². The van der Waals surface area contributed by atoms with Crippen molar-refractivity contribution >= 4 is 0 Å². The van der Waals surface area contributed by atoms with Gasteiger partial charge in [-0.1, -0.05) is 12.5 Å². The molecule has 1 N–H and O–H groups in total. The molecular formula is C15H22F3NO. The Morgan fingerprint density at radius 2 is 2.05 bits per heavy atom. The first-order chi connectivity index (χ1) is 9.43. The molecule has 20 heavy (non-hydrogen) atoms. The van der Waals surface area contributed by atoms with Gasteiger partial charge in [-0.3, -0.25) is 0 Å². The van der Waals surface area contributed by atoms with Crippen molar-refractivity contribution in [2.75, 3.05) is 13.2 Å². The maximum Gasteiger partial charge on any atom is 0.416 e. The van der Waals surface area contributed by atoms with Gasteiger partial charge in [-0.15, -0.1) is 0 Å². The zero-order valence-corrected chi connectivity index (χ0v) is 12.0. The summed E-state index contributed by atoms with van der Waals surface area (Å²) in [5, 5.41) is 3.38.